The summed E-state index contributed by atoms with van der Waals surface area (Å²) in [5.74, 6) is 0. The summed E-state index contributed by atoms with van der Waals surface area (Å²) in [5.41, 5.74) is 0. The molecule has 0 atom stereocenters. The molecule has 1 heterocycles. The number of rotatable bonds is 36. The van der Waals surface area contributed by atoms with E-state index in [1.165, 1.54) is 233 Å². The van der Waals surface area contributed by atoms with Crippen molar-refractivity contribution in [1.29, 1.82) is 0 Å². The van der Waals surface area contributed by atoms with Crippen molar-refractivity contribution in [2.24, 2.45) is 0 Å². The number of nitrogens with one attached hydrogen (secondary N) is 1. The molecule has 0 aliphatic carbocycles. The van der Waals surface area contributed by atoms with Crippen LogP contribution in [-0.2, 0) is 0 Å². The lowest BCUT2D eigenvalue weighted by Gasteiger charge is -2.36. The van der Waals surface area contributed by atoms with E-state index in [9.17, 15) is 0 Å². The van der Waals surface area contributed by atoms with Gasteiger partial charge in [0.1, 0.15) is 0 Å². The predicted octanol–water partition coefficient (Wildman–Crippen LogP) is 10.9. The summed E-state index contributed by atoms with van der Waals surface area (Å²) in [6.07, 6.45) is 32.3. The summed E-state index contributed by atoms with van der Waals surface area (Å²) >= 11 is 0. The van der Waals surface area contributed by atoms with E-state index in [0.29, 0.717) is 0 Å². The summed E-state index contributed by atoms with van der Waals surface area (Å²) in [5, 5.41) is 3.74. The van der Waals surface area contributed by atoms with Crippen molar-refractivity contribution in [2.75, 3.05) is 91.6 Å². The second-order valence-corrected chi connectivity index (χ2v) is 14.8. The molecular weight excluding hydrogens is 587 g/mol. The van der Waals surface area contributed by atoms with E-state index < -0.39 is 0 Å². The molecular formula is C43H93N5. The Morgan fingerprint density at radius 2 is 0.688 bits per heavy atom. The quantitative estimate of drug-likeness (QED) is 0.0665. The fourth-order valence-electron chi connectivity index (χ4n) is 7.04. The average molecular weight is 680 g/mol. The first-order chi connectivity index (χ1) is 23.7. The lowest BCUT2D eigenvalue weighted by molar-refractivity contribution is 0.114. The highest BCUT2D eigenvalue weighted by molar-refractivity contribution is 4.74. The van der Waals surface area contributed by atoms with E-state index in [1.807, 2.05) is 13.8 Å². The zero-order chi connectivity index (χ0) is 35.2. The Labute approximate surface area is 305 Å². The van der Waals surface area contributed by atoms with Crippen molar-refractivity contribution in [1.82, 2.24) is 24.9 Å². The molecule has 1 rings (SSSR count). The van der Waals surface area contributed by atoms with E-state index in [4.69, 9.17) is 0 Å². The van der Waals surface area contributed by atoms with Crippen LogP contribution >= 0.6 is 0 Å². The largest absolute Gasteiger partial charge is 0.315 e. The average Bonchev–Trinajstić information content (AvgIpc) is 3.12. The first-order valence-electron chi connectivity index (χ1n) is 22.3. The van der Waals surface area contributed by atoms with Crippen molar-refractivity contribution in [3.8, 4) is 0 Å². The Hall–Kier alpha value is -0.200. The molecule has 0 amide bonds. The van der Waals surface area contributed by atoms with Crippen LogP contribution in [0.4, 0.5) is 0 Å². The van der Waals surface area contributed by atoms with Crippen molar-refractivity contribution >= 4 is 0 Å². The number of piperazine rings is 1. The maximum absolute atomic E-state index is 3.74. The van der Waals surface area contributed by atoms with Crippen LogP contribution in [-0.4, -0.2) is 111 Å². The molecule has 1 aliphatic rings. The van der Waals surface area contributed by atoms with Crippen LogP contribution in [0.5, 0.6) is 0 Å². The molecule has 0 spiro atoms. The SMILES string of the molecule is CC.CCCCCCCCCCCCCNCCN1CCN(CCN(CCCCCC)CCN(CCCCCC)CCCCCC)CC1. The van der Waals surface area contributed by atoms with Gasteiger partial charge < -0.3 is 15.1 Å². The van der Waals surface area contributed by atoms with E-state index in [0.717, 1.165) is 6.54 Å². The van der Waals surface area contributed by atoms with Crippen LogP contribution in [0.15, 0.2) is 0 Å². The minimum atomic E-state index is 1.16. The molecule has 0 unspecified atom stereocenters. The van der Waals surface area contributed by atoms with Crippen LogP contribution in [0.2, 0.25) is 0 Å². The van der Waals surface area contributed by atoms with Crippen LogP contribution < -0.4 is 5.32 Å². The van der Waals surface area contributed by atoms with Gasteiger partial charge in [-0.25, -0.2) is 0 Å². The minimum Gasteiger partial charge on any atom is -0.315 e. The number of hydrogen-bond acceptors (Lipinski definition) is 5. The van der Waals surface area contributed by atoms with E-state index in [1.54, 1.807) is 0 Å². The standard InChI is InChI=1S/C41H87N5.C2H6/c1-5-9-13-17-18-19-20-21-22-23-24-28-42-29-33-45-37-40-46(41-38-45)39-36-44(32-27-16-12-8-4)35-34-43(30-25-14-10-6-2)31-26-15-11-7-3;1-2/h42H,5-41H2,1-4H3;1-2H3. The maximum atomic E-state index is 3.74. The Kier molecular flexibility index (Phi) is 39.4. The highest BCUT2D eigenvalue weighted by atomic mass is 15.3. The Bertz CT molecular complexity index is 568. The first kappa shape index (κ1) is 47.8. The smallest absolute Gasteiger partial charge is 0.0110 e. The third kappa shape index (κ3) is 31.8. The van der Waals surface area contributed by atoms with Gasteiger partial charge in [0.15, 0.2) is 0 Å². The molecule has 48 heavy (non-hydrogen) atoms. The predicted molar refractivity (Wildman–Crippen MR) is 219 cm³/mol. The van der Waals surface area contributed by atoms with Gasteiger partial charge in [0, 0.05) is 65.4 Å². The van der Waals surface area contributed by atoms with Crippen LogP contribution in [0.25, 0.3) is 0 Å². The van der Waals surface area contributed by atoms with E-state index in [-0.39, 0.29) is 0 Å². The highest BCUT2D eigenvalue weighted by Crippen LogP contribution is 2.12. The summed E-state index contributed by atoms with van der Waals surface area (Å²) in [6.45, 7) is 30.9. The molecule has 0 aromatic heterocycles. The normalized spacial score (nSPS) is 14.2. The number of nitrogens with zero attached hydrogens (tertiary/aromatic N) is 4. The molecule has 1 saturated heterocycles. The van der Waals surface area contributed by atoms with Crippen molar-refractivity contribution in [3.63, 3.8) is 0 Å². The van der Waals surface area contributed by atoms with Crippen LogP contribution in [0.3, 0.4) is 0 Å². The lowest BCUT2D eigenvalue weighted by atomic mass is 10.1. The summed E-state index contributed by atoms with van der Waals surface area (Å²) in [7, 11) is 0. The molecule has 0 bridgehead atoms. The molecule has 1 fully saturated rings. The Morgan fingerprint density at radius 3 is 1.10 bits per heavy atom. The van der Waals surface area contributed by atoms with Gasteiger partial charge in [-0.3, -0.25) is 9.80 Å². The van der Waals surface area contributed by atoms with Gasteiger partial charge >= 0.3 is 0 Å². The number of hydrogen-bond donors (Lipinski definition) is 1. The minimum absolute atomic E-state index is 1.16. The van der Waals surface area contributed by atoms with Gasteiger partial charge in [0.05, 0.1) is 0 Å². The van der Waals surface area contributed by atoms with E-state index >= 15 is 0 Å². The maximum Gasteiger partial charge on any atom is 0.0110 e. The number of unbranched alkanes of at least 4 members (excludes halogenated alkanes) is 19. The molecule has 0 radical (unpaired) electrons. The van der Waals surface area contributed by atoms with Gasteiger partial charge in [0.25, 0.3) is 0 Å². The Morgan fingerprint density at radius 1 is 0.354 bits per heavy atom. The fraction of sp³-hybridized carbons (Fsp3) is 1.00. The topological polar surface area (TPSA) is 25.0 Å². The third-order valence-electron chi connectivity index (χ3n) is 10.5. The first-order valence-corrected chi connectivity index (χ1v) is 22.3. The molecule has 0 aromatic carbocycles. The van der Waals surface area contributed by atoms with Gasteiger partial charge in [-0.1, -0.05) is 164 Å². The van der Waals surface area contributed by atoms with Crippen LogP contribution in [0.1, 0.15) is 189 Å². The molecule has 0 saturated carbocycles. The highest BCUT2D eigenvalue weighted by Gasteiger charge is 2.17. The fourth-order valence-corrected chi connectivity index (χ4v) is 7.04. The van der Waals surface area contributed by atoms with Crippen LogP contribution in [0, 0.1) is 0 Å². The Balaban J connectivity index is 0.0000108. The van der Waals surface area contributed by atoms with Crippen molar-refractivity contribution in [2.45, 2.75) is 189 Å². The summed E-state index contributed by atoms with van der Waals surface area (Å²) < 4.78 is 0. The molecule has 1 N–H and O–H groups in total. The molecule has 5 heteroatoms. The molecule has 5 nitrogen and oxygen atoms in total. The monoisotopic (exact) mass is 680 g/mol. The second-order valence-electron chi connectivity index (χ2n) is 14.8. The summed E-state index contributed by atoms with van der Waals surface area (Å²) in [6, 6.07) is 0. The van der Waals surface area contributed by atoms with Gasteiger partial charge in [-0.15, -0.1) is 0 Å². The zero-order valence-corrected chi connectivity index (χ0v) is 34.5. The van der Waals surface area contributed by atoms with Crippen molar-refractivity contribution in [3.05, 3.63) is 0 Å². The van der Waals surface area contributed by atoms with Gasteiger partial charge in [-0.05, 0) is 51.9 Å². The summed E-state index contributed by atoms with van der Waals surface area (Å²) in [4.78, 5) is 11.1. The van der Waals surface area contributed by atoms with E-state index in [2.05, 4.69) is 52.6 Å². The molecule has 290 valence electrons. The van der Waals surface area contributed by atoms with Gasteiger partial charge in [0.2, 0.25) is 0 Å². The second kappa shape index (κ2) is 39.6. The molecule has 0 aromatic rings. The third-order valence-corrected chi connectivity index (χ3v) is 10.5. The lowest BCUT2D eigenvalue weighted by Crippen LogP contribution is -2.50. The molecule has 1 aliphatic heterocycles. The zero-order valence-electron chi connectivity index (χ0n) is 34.5. The van der Waals surface area contributed by atoms with Crippen molar-refractivity contribution < 1.29 is 0 Å². The van der Waals surface area contributed by atoms with Gasteiger partial charge in [-0.2, -0.15) is 0 Å².